The summed E-state index contributed by atoms with van der Waals surface area (Å²) < 4.78 is 12.3. The van der Waals surface area contributed by atoms with E-state index in [-0.39, 0.29) is 35.6 Å². The molecule has 0 bridgehead atoms. The number of nitrogens with zero attached hydrogens (tertiary/aromatic N) is 4. The van der Waals surface area contributed by atoms with E-state index < -0.39 is 11.5 Å². The van der Waals surface area contributed by atoms with Crippen LogP contribution in [0.5, 0.6) is 0 Å². The number of hydrogen-bond donors (Lipinski definition) is 0. The maximum absolute atomic E-state index is 13.1. The van der Waals surface area contributed by atoms with Gasteiger partial charge in [0.2, 0.25) is 5.71 Å². The van der Waals surface area contributed by atoms with Crippen LogP contribution in [0.15, 0.2) is 64.1 Å². The standard InChI is InChI=1S/C24H16N4O4/c1-15-20(24(30)31-13-19-8-4-17(11-26)5-9-19)21-22(32-15)27-14-28(23(21)29)12-18-6-2-16(10-25)3-7-18/h2-9,14H,12-13H2,1H3. The van der Waals surface area contributed by atoms with Crippen LogP contribution in [0.1, 0.15) is 38.4 Å². The van der Waals surface area contributed by atoms with Crippen LogP contribution in [0.2, 0.25) is 0 Å². The van der Waals surface area contributed by atoms with Gasteiger partial charge in [-0.3, -0.25) is 9.36 Å². The first kappa shape index (κ1) is 20.6. The Labute approximate surface area is 182 Å². The number of fused-ring (bicyclic) bond motifs is 1. The number of benzene rings is 2. The fraction of sp³-hybridized carbons (Fsp3) is 0.125. The normalized spacial score (nSPS) is 10.5. The predicted molar refractivity (Wildman–Crippen MR) is 114 cm³/mol. The minimum Gasteiger partial charge on any atom is -0.457 e. The van der Waals surface area contributed by atoms with Crippen LogP contribution < -0.4 is 5.56 Å². The summed E-state index contributed by atoms with van der Waals surface area (Å²) >= 11 is 0. The molecule has 0 N–H and O–H groups in total. The summed E-state index contributed by atoms with van der Waals surface area (Å²) in [6, 6.07) is 17.6. The van der Waals surface area contributed by atoms with Crippen molar-refractivity contribution in [1.29, 1.82) is 10.5 Å². The summed E-state index contributed by atoms with van der Waals surface area (Å²) in [5.41, 5.74) is 2.21. The molecule has 156 valence electrons. The Morgan fingerprint density at radius 3 is 2.22 bits per heavy atom. The molecule has 0 radical (unpaired) electrons. The number of ether oxygens (including phenoxy) is 1. The van der Waals surface area contributed by atoms with Gasteiger partial charge in [-0.2, -0.15) is 10.5 Å². The third kappa shape index (κ3) is 3.98. The lowest BCUT2D eigenvalue weighted by Gasteiger charge is -2.07. The van der Waals surface area contributed by atoms with Gasteiger partial charge in [-0.1, -0.05) is 24.3 Å². The van der Waals surface area contributed by atoms with Gasteiger partial charge >= 0.3 is 5.97 Å². The van der Waals surface area contributed by atoms with E-state index in [0.29, 0.717) is 16.7 Å². The van der Waals surface area contributed by atoms with Crippen LogP contribution in [0.4, 0.5) is 0 Å². The maximum atomic E-state index is 13.1. The van der Waals surface area contributed by atoms with E-state index >= 15 is 0 Å². The molecule has 0 amide bonds. The van der Waals surface area contributed by atoms with Gasteiger partial charge in [0.15, 0.2) is 0 Å². The first-order valence-electron chi connectivity index (χ1n) is 9.64. The van der Waals surface area contributed by atoms with Gasteiger partial charge in [-0.25, -0.2) is 9.78 Å². The number of nitriles is 2. The van der Waals surface area contributed by atoms with Crippen molar-refractivity contribution in [2.24, 2.45) is 0 Å². The van der Waals surface area contributed by atoms with Crippen LogP contribution in [0.3, 0.4) is 0 Å². The van der Waals surface area contributed by atoms with Gasteiger partial charge in [-0.15, -0.1) is 0 Å². The van der Waals surface area contributed by atoms with Crippen LogP contribution in [0, 0.1) is 29.6 Å². The molecule has 4 rings (SSSR count). The second-order valence-corrected chi connectivity index (χ2v) is 7.08. The second kappa shape index (κ2) is 8.58. The highest BCUT2D eigenvalue weighted by molar-refractivity contribution is 6.03. The number of aryl methyl sites for hydroxylation is 1. The van der Waals surface area contributed by atoms with E-state index in [2.05, 4.69) is 4.98 Å². The van der Waals surface area contributed by atoms with Crippen LogP contribution in [0.25, 0.3) is 11.1 Å². The third-order valence-corrected chi connectivity index (χ3v) is 4.95. The summed E-state index contributed by atoms with van der Waals surface area (Å²) in [5.74, 6) is -0.453. The predicted octanol–water partition coefficient (Wildman–Crippen LogP) is 3.45. The Balaban J connectivity index is 1.62. The molecule has 0 atom stereocenters. The molecule has 0 unspecified atom stereocenters. The van der Waals surface area contributed by atoms with Crippen molar-refractivity contribution in [2.75, 3.05) is 0 Å². The van der Waals surface area contributed by atoms with Gasteiger partial charge in [0.1, 0.15) is 29.6 Å². The molecule has 8 nitrogen and oxygen atoms in total. The molecule has 2 aromatic heterocycles. The zero-order valence-electron chi connectivity index (χ0n) is 17.0. The third-order valence-electron chi connectivity index (χ3n) is 4.95. The molecule has 0 fully saturated rings. The molecule has 0 aliphatic rings. The van der Waals surface area contributed by atoms with Crippen LogP contribution in [-0.4, -0.2) is 15.5 Å². The summed E-state index contributed by atoms with van der Waals surface area (Å²) in [6.07, 6.45) is 1.36. The molecule has 0 spiro atoms. The largest absolute Gasteiger partial charge is 0.457 e. The fourth-order valence-electron chi connectivity index (χ4n) is 3.27. The number of aromatic nitrogens is 2. The zero-order chi connectivity index (χ0) is 22.7. The molecule has 32 heavy (non-hydrogen) atoms. The summed E-state index contributed by atoms with van der Waals surface area (Å²) in [7, 11) is 0. The highest BCUT2D eigenvalue weighted by atomic mass is 16.5. The van der Waals surface area contributed by atoms with Gasteiger partial charge in [0, 0.05) is 0 Å². The van der Waals surface area contributed by atoms with E-state index in [1.807, 2.05) is 12.1 Å². The molecular formula is C24H16N4O4. The van der Waals surface area contributed by atoms with Crippen molar-refractivity contribution in [3.63, 3.8) is 0 Å². The van der Waals surface area contributed by atoms with E-state index in [1.165, 1.54) is 10.9 Å². The Morgan fingerprint density at radius 2 is 1.62 bits per heavy atom. The van der Waals surface area contributed by atoms with Crippen molar-refractivity contribution in [3.8, 4) is 12.1 Å². The van der Waals surface area contributed by atoms with E-state index in [9.17, 15) is 9.59 Å². The number of carbonyl (C=O) groups is 1. The molecule has 4 aromatic rings. The number of hydrogen-bond acceptors (Lipinski definition) is 7. The lowest BCUT2D eigenvalue weighted by molar-refractivity contribution is 0.0472. The topological polar surface area (TPSA) is 122 Å². The molecule has 0 saturated carbocycles. The Hall–Kier alpha value is -4.69. The highest BCUT2D eigenvalue weighted by Crippen LogP contribution is 2.22. The number of esters is 1. The molecule has 2 heterocycles. The van der Waals surface area contributed by atoms with Gasteiger partial charge in [-0.05, 0) is 42.3 Å². The zero-order valence-corrected chi connectivity index (χ0v) is 17.0. The summed E-state index contributed by atoms with van der Waals surface area (Å²) in [4.78, 5) is 30.1. The van der Waals surface area contributed by atoms with Gasteiger partial charge in [0.25, 0.3) is 5.56 Å². The second-order valence-electron chi connectivity index (χ2n) is 7.08. The Kier molecular flexibility index (Phi) is 5.52. The van der Waals surface area contributed by atoms with E-state index in [0.717, 1.165) is 5.56 Å². The number of carbonyl (C=O) groups excluding carboxylic acids is 1. The van der Waals surface area contributed by atoms with Crippen molar-refractivity contribution in [2.45, 2.75) is 20.1 Å². The average Bonchev–Trinajstić information content (AvgIpc) is 3.17. The maximum Gasteiger partial charge on any atom is 0.342 e. The van der Waals surface area contributed by atoms with E-state index in [4.69, 9.17) is 19.7 Å². The Morgan fingerprint density at radius 1 is 1.03 bits per heavy atom. The molecular weight excluding hydrogens is 408 g/mol. The summed E-state index contributed by atoms with van der Waals surface area (Å²) in [6.45, 7) is 1.78. The minimum atomic E-state index is -0.694. The molecule has 0 aliphatic heterocycles. The monoisotopic (exact) mass is 424 g/mol. The highest BCUT2D eigenvalue weighted by Gasteiger charge is 2.24. The first-order valence-corrected chi connectivity index (χ1v) is 9.64. The summed E-state index contributed by atoms with van der Waals surface area (Å²) in [5, 5.41) is 17.9. The van der Waals surface area contributed by atoms with Crippen LogP contribution >= 0.6 is 0 Å². The quantitative estimate of drug-likeness (QED) is 0.450. The number of rotatable bonds is 5. The molecule has 8 heteroatoms. The average molecular weight is 424 g/mol. The van der Waals surface area contributed by atoms with E-state index in [1.54, 1.807) is 55.5 Å². The lowest BCUT2D eigenvalue weighted by atomic mass is 10.1. The lowest BCUT2D eigenvalue weighted by Crippen LogP contribution is -2.22. The van der Waals surface area contributed by atoms with Crippen molar-refractivity contribution in [3.05, 3.63) is 98.8 Å². The fourth-order valence-corrected chi connectivity index (χ4v) is 3.27. The molecule has 2 aromatic carbocycles. The number of furan rings is 1. The Bertz CT molecular complexity index is 1450. The van der Waals surface area contributed by atoms with Crippen LogP contribution in [-0.2, 0) is 17.9 Å². The SMILES string of the molecule is Cc1oc2ncn(Cc3ccc(C#N)cc3)c(=O)c2c1C(=O)OCc1ccc(C#N)cc1. The molecule has 0 aliphatic carbocycles. The van der Waals surface area contributed by atoms with Gasteiger partial charge < -0.3 is 9.15 Å². The minimum absolute atomic E-state index is 0.0175. The van der Waals surface area contributed by atoms with Gasteiger partial charge in [0.05, 0.1) is 29.8 Å². The van der Waals surface area contributed by atoms with Crippen molar-refractivity contribution in [1.82, 2.24) is 9.55 Å². The van der Waals surface area contributed by atoms with Crippen molar-refractivity contribution < 1.29 is 13.9 Å². The smallest absolute Gasteiger partial charge is 0.342 e. The van der Waals surface area contributed by atoms with Crippen molar-refractivity contribution >= 4 is 17.1 Å². The molecule has 0 saturated heterocycles. The first-order chi connectivity index (χ1) is 15.5.